The molecule has 106 valence electrons. The second-order valence-corrected chi connectivity index (χ2v) is 5.98. The van der Waals surface area contributed by atoms with Crippen LogP contribution in [0.2, 0.25) is 0 Å². The fourth-order valence-corrected chi connectivity index (χ4v) is 2.70. The van der Waals surface area contributed by atoms with Gasteiger partial charge in [0.05, 0.1) is 12.1 Å². The molecule has 6 nitrogen and oxygen atoms in total. The quantitative estimate of drug-likeness (QED) is 0.761. The van der Waals surface area contributed by atoms with E-state index in [-0.39, 0.29) is 17.3 Å². The number of ether oxygens (including phenoxy) is 1. The molecule has 4 N–H and O–H groups in total. The molecule has 19 heavy (non-hydrogen) atoms. The van der Waals surface area contributed by atoms with Crippen LogP contribution in [0.4, 0.5) is 10.9 Å². The SMILES string of the molecule is CCCNc1nc(N)c(C(=O)NC2(C)CCOC2)s1. The van der Waals surface area contributed by atoms with E-state index in [4.69, 9.17) is 10.5 Å². The normalized spacial score (nSPS) is 22.4. The number of amides is 1. The molecule has 1 amide bonds. The highest BCUT2D eigenvalue weighted by Crippen LogP contribution is 2.26. The zero-order valence-corrected chi connectivity index (χ0v) is 12.1. The van der Waals surface area contributed by atoms with Gasteiger partial charge in [0.25, 0.3) is 5.91 Å². The molecule has 0 aliphatic carbocycles. The second-order valence-electron chi connectivity index (χ2n) is 4.98. The molecule has 1 aromatic heterocycles. The highest BCUT2D eigenvalue weighted by molar-refractivity contribution is 7.18. The number of thiazole rings is 1. The highest BCUT2D eigenvalue weighted by atomic mass is 32.1. The number of hydrogen-bond donors (Lipinski definition) is 3. The van der Waals surface area contributed by atoms with Gasteiger partial charge in [0.2, 0.25) is 0 Å². The minimum Gasteiger partial charge on any atom is -0.382 e. The number of carbonyl (C=O) groups excluding carboxylic acids is 1. The van der Waals surface area contributed by atoms with Crippen molar-refractivity contribution in [1.29, 1.82) is 0 Å². The topological polar surface area (TPSA) is 89.3 Å². The molecular formula is C12H20N4O2S. The van der Waals surface area contributed by atoms with Crippen molar-refractivity contribution in [3.05, 3.63) is 4.88 Å². The molecule has 1 aliphatic rings. The summed E-state index contributed by atoms with van der Waals surface area (Å²) in [5, 5.41) is 6.81. The molecule has 1 aliphatic heterocycles. The lowest BCUT2D eigenvalue weighted by Gasteiger charge is -2.22. The lowest BCUT2D eigenvalue weighted by molar-refractivity contribution is 0.0894. The zero-order chi connectivity index (χ0) is 13.9. The standard InChI is InChI=1S/C12H20N4O2S/c1-3-5-14-11-15-9(13)8(19-11)10(17)16-12(2)4-6-18-7-12/h3-7,13H2,1-2H3,(H,14,15)(H,16,17). The molecule has 1 unspecified atom stereocenters. The van der Waals surface area contributed by atoms with Crippen molar-refractivity contribution in [2.45, 2.75) is 32.2 Å². The number of rotatable bonds is 5. The van der Waals surface area contributed by atoms with Crippen LogP contribution in [0.1, 0.15) is 36.4 Å². The van der Waals surface area contributed by atoms with Crippen molar-refractivity contribution < 1.29 is 9.53 Å². The third-order valence-corrected chi connectivity index (χ3v) is 4.05. The summed E-state index contributed by atoms with van der Waals surface area (Å²) in [6, 6.07) is 0. The Balaban J connectivity index is 2.04. The van der Waals surface area contributed by atoms with Crippen LogP contribution in [-0.4, -0.2) is 36.2 Å². The monoisotopic (exact) mass is 284 g/mol. The summed E-state index contributed by atoms with van der Waals surface area (Å²) in [5.41, 5.74) is 5.50. The zero-order valence-electron chi connectivity index (χ0n) is 11.3. The maximum atomic E-state index is 12.2. The number of anilines is 2. The van der Waals surface area contributed by atoms with Crippen LogP contribution < -0.4 is 16.4 Å². The number of aromatic nitrogens is 1. The molecule has 1 atom stereocenters. The van der Waals surface area contributed by atoms with Gasteiger partial charge in [0, 0.05) is 13.2 Å². The first kappa shape index (κ1) is 14.1. The van der Waals surface area contributed by atoms with Gasteiger partial charge in [-0.2, -0.15) is 0 Å². The van der Waals surface area contributed by atoms with Crippen LogP contribution in [-0.2, 0) is 4.74 Å². The van der Waals surface area contributed by atoms with Crippen LogP contribution in [0.5, 0.6) is 0 Å². The van der Waals surface area contributed by atoms with Gasteiger partial charge in [-0.05, 0) is 19.8 Å². The molecule has 7 heteroatoms. The molecule has 2 heterocycles. The predicted octanol–water partition coefficient (Wildman–Crippen LogP) is 1.46. The molecular weight excluding hydrogens is 264 g/mol. The van der Waals surface area contributed by atoms with Gasteiger partial charge < -0.3 is 21.1 Å². The molecule has 1 saturated heterocycles. The van der Waals surface area contributed by atoms with E-state index >= 15 is 0 Å². The number of nitrogen functional groups attached to an aromatic ring is 1. The Morgan fingerprint density at radius 1 is 1.63 bits per heavy atom. The summed E-state index contributed by atoms with van der Waals surface area (Å²) >= 11 is 1.29. The number of nitrogens with two attached hydrogens (primary N) is 1. The number of hydrogen-bond acceptors (Lipinski definition) is 6. The minimum atomic E-state index is -0.301. The van der Waals surface area contributed by atoms with Gasteiger partial charge >= 0.3 is 0 Å². The molecule has 0 radical (unpaired) electrons. The predicted molar refractivity (Wildman–Crippen MR) is 76.6 cm³/mol. The first-order valence-corrected chi connectivity index (χ1v) is 7.26. The van der Waals surface area contributed by atoms with Crippen LogP contribution >= 0.6 is 11.3 Å². The third kappa shape index (κ3) is 3.36. The largest absolute Gasteiger partial charge is 0.382 e. The van der Waals surface area contributed by atoms with Gasteiger partial charge in [0.1, 0.15) is 10.7 Å². The maximum Gasteiger partial charge on any atom is 0.265 e. The molecule has 0 saturated carbocycles. The fourth-order valence-electron chi connectivity index (χ4n) is 1.90. The molecule has 0 bridgehead atoms. The van der Waals surface area contributed by atoms with Crippen molar-refractivity contribution >= 4 is 28.2 Å². The Hall–Kier alpha value is -1.34. The first-order valence-electron chi connectivity index (χ1n) is 6.44. The fraction of sp³-hybridized carbons (Fsp3) is 0.667. The number of nitrogens with one attached hydrogen (secondary N) is 2. The Morgan fingerprint density at radius 2 is 2.42 bits per heavy atom. The van der Waals surface area contributed by atoms with Crippen LogP contribution in [0.3, 0.4) is 0 Å². The van der Waals surface area contributed by atoms with E-state index in [2.05, 4.69) is 22.5 Å². The maximum absolute atomic E-state index is 12.2. The molecule has 0 aromatic carbocycles. The lowest BCUT2D eigenvalue weighted by Crippen LogP contribution is -2.46. The van der Waals surface area contributed by atoms with E-state index in [9.17, 15) is 4.79 Å². The van der Waals surface area contributed by atoms with Gasteiger partial charge in [0.15, 0.2) is 5.13 Å². The Morgan fingerprint density at radius 3 is 3.05 bits per heavy atom. The van der Waals surface area contributed by atoms with E-state index in [1.165, 1.54) is 11.3 Å². The average molecular weight is 284 g/mol. The van der Waals surface area contributed by atoms with Crippen molar-refractivity contribution in [3.63, 3.8) is 0 Å². The van der Waals surface area contributed by atoms with Gasteiger partial charge in [-0.15, -0.1) is 0 Å². The summed E-state index contributed by atoms with van der Waals surface area (Å²) in [7, 11) is 0. The molecule has 1 aromatic rings. The van der Waals surface area contributed by atoms with Crippen molar-refractivity contribution in [2.24, 2.45) is 0 Å². The number of carbonyl (C=O) groups is 1. The smallest absolute Gasteiger partial charge is 0.265 e. The van der Waals surface area contributed by atoms with Gasteiger partial charge in [-0.25, -0.2) is 4.98 Å². The Kier molecular flexibility index (Phi) is 4.26. The molecule has 2 rings (SSSR count). The van der Waals surface area contributed by atoms with Gasteiger partial charge in [-0.1, -0.05) is 18.3 Å². The van der Waals surface area contributed by atoms with Crippen molar-refractivity contribution in [3.8, 4) is 0 Å². The van der Waals surface area contributed by atoms with Crippen LogP contribution in [0.15, 0.2) is 0 Å². The summed E-state index contributed by atoms with van der Waals surface area (Å²) in [6.07, 6.45) is 1.81. The van der Waals surface area contributed by atoms with Crippen LogP contribution in [0.25, 0.3) is 0 Å². The van der Waals surface area contributed by atoms with E-state index in [0.29, 0.717) is 23.2 Å². The third-order valence-electron chi connectivity index (χ3n) is 3.02. The summed E-state index contributed by atoms with van der Waals surface area (Å²) in [5.74, 6) is 0.108. The lowest BCUT2D eigenvalue weighted by atomic mass is 10.0. The van der Waals surface area contributed by atoms with Gasteiger partial charge in [-0.3, -0.25) is 4.79 Å². The first-order chi connectivity index (χ1) is 9.04. The average Bonchev–Trinajstić information content (AvgIpc) is 2.93. The highest BCUT2D eigenvalue weighted by Gasteiger charge is 2.32. The Labute approximate surface area is 116 Å². The van der Waals surface area contributed by atoms with E-state index in [0.717, 1.165) is 19.4 Å². The van der Waals surface area contributed by atoms with Crippen LogP contribution in [0, 0.1) is 0 Å². The summed E-state index contributed by atoms with van der Waals surface area (Å²) < 4.78 is 5.31. The van der Waals surface area contributed by atoms with Crippen molar-refractivity contribution in [1.82, 2.24) is 10.3 Å². The second kappa shape index (κ2) is 5.75. The van der Waals surface area contributed by atoms with E-state index in [1.807, 2.05) is 6.92 Å². The molecule has 1 fully saturated rings. The summed E-state index contributed by atoms with van der Waals surface area (Å²) in [4.78, 5) is 16.8. The van der Waals surface area contributed by atoms with E-state index in [1.54, 1.807) is 0 Å². The number of nitrogens with zero attached hydrogens (tertiary/aromatic N) is 1. The minimum absolute atomic E-state index is 0.174. The Bertz CT molecular complexity index is 455. The van der Waals surface area contributed by atoms with E-state index < -0.39 is 0 Å². The summed E-state index contributed by atoms with van der Waals surface area (Å²) in [6.45, 7) is 6.08. The molecule has 0 spiro atoms. The van der Waals surface area contributed by atoms with Crippen molar-refractivity contribution in [2.75, 3.05) is 30.8 Å².